The van der Waals surface area contributed by atoms with Crippen LogP contribution in [0, 0.1) is 0 Å². The van der Waals surface area contributed by atoms with Crippen LogP contribution in [0.25, 0.3) is 11.4 Å². The first-order chi connectivity index (χ1) is 7.69. The summed E-state index contributed by atoms with van der Waals surface area (Å²) in [6.07, 6.45) is 0. The molecule has 0 radical (unpaired) electrons. The molecule has 0 aliphatic rings. The molecule has 0 saturated heterocycles. The molecular weight excluding hydrogens is 293 g/mol. The summed E-state index contributed by atoms with van der Waals surface area (Å²) in [6.45, 7) is 0. The minimum absolute atomic E-state index is 0.116. The molecule has 2 aromatic rings. The molecule has 1 heterocycles. The second kappa shape index (κ2) is 4.76. The van der Waals surface area contributed by atoms with E-state index in [1.165, 1.54) is 7.11 Å². The molecule has 1 aromatic heterocycles. The van der Waals surface area contributed by atoms with Crippen LogP contribution in [-0.4, -0.2) is 22.1 Å². The van der Waals surface area contributed by atoms with E-state index in [4.69, 9.17) is 16.3 Å². The van der Waals surface area contributed by atoms with Crippen molar-refractivity contribution in [3.63, 3.8) is 0 Å². The van der Waals surface area contributed by atoms with Gasteiger partial charge in [0.25, 0.3) is 0 Å². The van der Waals surface area contributed by atoms with Crippen molar-refractivity contribution in [3.05, 3.63) is 34.0 Å². The number of hydrogen-bond acceptors (Lipinski definition) is 4. The molecule has 0 spiro atoms. The molecule has 0 amide bonds. The van der Waals surface area contributed by atoms with E-state index < -0.39 is 0 Å². The summed E-state index contributed by atoms with van der Waals surface area (Å²) in [5.41, 5.74) is 0.853. The molecule has 0 unspecified atom stereocenters. The molecule has 0 aliphatic heterocycles. The summed E-state index contributed by atoms with van der Waals surface area (Å²) in [7, 11) is 1.48. The molecule has 0 atom stereocenters. The third kappa shape index (κ3) is 2.48. The highest BCUT2D eigenvalue weighted by Gasteiger charge is 2.07. The number of benzene rings is 1. The molecule has 6 heteroatoms. The van der Waals surface area contributed by atoms with Gasteiger partial charge in [-0.2, -0.15) is 15.0 Å². The van der Waals surface area contributed by atoms with Crippen LogP contribution in [0.4, 0.5) is 0 Å². The maximum absolute atomic E-state index is 5.76. The van der Waals surface area contributed by atoms with E-state index in [-0.39, 0.29) is 11.3 Å². The van der Waals surface area contributed by atoms with Gasteiger partial charge in [0.15, 0.2) is 5.82 Å². The summed E-state index contributed by atoms with van der Waals surface area (Å²) in [6, 6.07) is 7.78. The highest BCUT2D eigenvalue weighted by atomic mass is 79.9. The first kappa shape index (κ1) is 11.3. The summed E-state index contributed by atoms with van der Waals surface area (Å²) in [5, 5.41) is 0.116. The maximum atomic E-state index is 5.76. The average Bonchev–Trinajstić information content (AvgIpc) is 2.29. The van der Waals surface area contributed by atoms with Gasteiger partial charge in [-0.05, 0) is 23.7 Å². The third-order valence-electron chi connectivity index (χ3n) is 1.87. The predicted molar refractivity (Wildman–Crippen MR) is 64.5 cm³/mol. The Morgan fingerprint density at radius 1 is 1.12 bits per heavy atom. The van der Waals surface area contributed by atoms with Gasteiger partial charge in [0, 0.05) is 10.0 Å². The molecule has 16 heavy (non-hydrogen) atoms. The average molecular weight is 301 g/mol. The Bertz CT molecular complexity index is 504. The van der Waals surface area contributed by atoms with Crippen molar-refractivity contribution in [1.82, 2.24) is 15.0 Å². The van der Waals surface area contributed by atoms with Gasteiger partial charge in [0.2, 0.25) is 5.28 Å². The zero-order valence-corrected chi connectivity index (χ0v) is 10.7. The first-order valence-electron chi connectivity index (χ1n) is 4.40. The molecule has 1 aromatic carbocycles. The lowest BCUT2D eigenvalue weighted by Gasteiger charge is -2.02. The lowest BCUT2D eigenvalue weighted by molar-refractivity contribution is 0.379. The topological polar surface area (TPSA) is 47.9 Å². The van der Waals surface area contributed by atoms with Crippen molar-refractivity contribution in [2.75, 3.05) is 7.11 Å². The molecule has 0 N–H and O–H groups in total. The van der Waals surface area contributed by atoms with E-state index in [9.17, 15) is 0 Å². The van der Waals surface area contributed by atoms with Crippen LogP contribution in [0.5, 0.6) is 6.01 Å². The Kier molecular flexibility index (Phi) is 3.36. The van der Waals surface area contributed by atoms with E-state index in [2.05, 4.69) is 30.9 Å². The molecule has 2 rings (SSSR count). The van der Waals surface area contributed by atoms with Gasteiger partial charge in [-0.25, -0.2) is 0 Å². The largest absolute Gasteiger partial charge is 0.467 e. The van der Waals surface area contributed by atoms with Gasteiger partial charge in [0.1, 0.15) is 0 Å². The van der Waals surface area contributed by atoms with E-state index in [0.29, 0.717) is 5.82 Å². The van der Waals surface area contributed by atoms with Crippen LogP contribution < -0.4 is 4.74 Å². The number of ether oxygens (including phenoxy) is 1. The standard InChI is InChI=1S/C10H7BrClN3O/c1-16-10-14-8(13-9(12)15-10)6-2-4-7(11)5-3-6/h2-5H,1H3. The van der Waals surface area contributed by atoms with Gasteiger partial charge in [0.05, 0.1) is 7.11 Å². The van der Waals surface area contributed by atoms with Crippen LogP contribution in [0.2, 0.25) is 5.28 Å². The fourth-order valence-electron chi connectivity index (χ4n) is 1.15. The van der Waals surface area contributed by atoms with Crippen molar-refractivity contribution in [2.24, 2.45) is 0 Å². The number of methoxy groups -OCH3 is 1. The third-order valence-corrected chi connectivity index (χ3v) is 2.57. The number of halogens is 2. The fraction of sp³-hybridized carbons (Fsp3) is 0.100. The Morgan fingerprint density at radius 2 is 1.81 bits per heavy atom. The smallest absolute Gasteiger partial charge is 0.321 e. The first-order valence-corrected chi connectivity index (χ1v) is 5.57. The molecule has 0 fully saturated rings. The van der Waals surface area contributed by atoms with Crippen LogP contribution >= 0.6 is 27.5 Å². The highest BCUT2D eigenvalue weighted by Crippen LogP contribution is 2.20. The van der Waals surface area contributed by atoms with Gasteiger partial charge in [-0.15, -0.1) is 0 Å². The fourth-order valence-corrected chi connectivity index (χ4v) is 1.57. The Morgan fingerprint density at radius 3 is 2.44 bits per heavy atom. The Labute approximate surface area is 106 Å². The molecule has 4 nitrogen and oxygen atoms in total. The summed E-state index contributed by atoms with van der Waals surface area (Å²) in [5.74, 6) is 0.490. The van der Waals surface area contributed by atoms with Crippen LogP contribution in [0.1, 0.15) is 0 Å². The van der Waals surface area contributed by atoms with Crippen LogP contribution in [-0.2, 0) is 0 Å². The Hall–Kier alpha value is -1.20. The van der Waals surface area contributed by atoms with Gasteiger partial charge in [-0.1, -0.05) is 28.1 Å². The lowest BCUT2D eigenvalue weighted by atomic mass is 10.2. The number of nitrogens with zero attached hydrogens (tertiary/aromatic N) is 3. The normalized spacial score (nSPS) is 10.2. The van der Waals surface area contributed by atoms with E-state index in [0.717, 1.165) is 10.0 Å². The molecule has 0 aliphatic carbocycles. The zero-order chi connectivity index (χ0) is 11.5. The second-order valence-electron chi connectivity index (χ2n) is 2.92. The van der Waals surface area contributed by atoms with Crippen LogP contribution in [0.15, 0.2) is 28.7 Å². The van der Waals surface area contributed by atoms with Crippen molar-refractivity contribution < 1.29 is 4.74 Å². The van der Waals surface area contributed by atoms with Gasteiger partial charge >= 0.3 is 6.01 Å². The number of hydrogen-bond donors (Lipinski definition) is 0. The highest BCUT2D eigenvalue weighted by molar-refractivity contribution is 9.10. The monoisotopic (exact) mass is 299 g/mol. The van der Waals surface area contributed by atoms with E-state index in [1.54, 1.807) is 0 Å². The predicted octanol–water partition coefficient (Wildman–Crippen LogP) is 2.96. The summed E-state index contributed by atoms with van der Waals surface area (Å²) in [4.78, 5) is 11.9. The summed E-state index contributed by atoms with van der Waals surface area (Å²) >= 11 is 9.12. The number of aromatic nitrogens is 3. The zero-order valence-electron chi connectivity index (χ0n) is 8.32. The van der Waals surface area contributed by atoms with Crippen LogP contribution in [0.3, 0.4) is 0 Å². The number of rotatable bonds is 2. The Balaban J connectivity index is 2.47. The van der Waals surface area contributed by atoms with Crippen molar-refractivity contribution in [3.8, 4) is 17.4 Å². The van der Waals surface area contributed by atoms with Crippen molar-refractivity contribution in [2.45, 2.75) is 0 Å². The van der Waals surface area contributed by atoms with E-state index >= 15 is 0 Å². The second-order valence-corrected chi connectivity index (χ2v) is 4.18. The van der Waals surface area contributed by atoms with Crippen molar-refractivity contribution in [1.29, 1.82) is 0 Å². The van der Waals surface area contributed by atoms with Gasteiger partial charge in [-0.3, -0.25) is 0 Å². The van der Waals surface area contributed by atoms with Crippen molar-refractivity contribution >= 4 is 27.5 Å². The minimum Gasteiger partial charge on any atom is -0.467 e. The summed E-state index contributed by atoms with van der Waals surface area (Å²) < 4.78 is 5.91. The van der Waals surface area contributed by atoms with Gasteiger partial charge < -0.3 is 4.74 Å². The maximum Gasteiger partial charge on any atom is 0.321 e. The molecule has 0 bridgehead atoms. The minimum atomic E-state index is 0.116. The van der Waals surface area contributed by atoms with E-state index in [1.807, 2.05) is 24.3 Å². The molecule has 82 valence electrons. The quantitative estimate of drug-likeness (QED) is 0.855. The molecular formula is C10H7BrClN3O. The molecule has 0 saturated carbocycles. The SMILES string of the molecule is COc1nc(Cl)nc(-c2ccc(Br)cc2)n1. The lowest BCUT2D eigenvalue weighted by Crippen LogP contribution is -1.97.